The predicted octanol–water partition coefficient (Wildman–Crippen LogP) is 2.82. The molecular formula is C26H20N4O5. The average Bonchev–Trinajstić information content (AvgIpc) is 3.09. The first-order valence-electron chi connectivity index (χ1n) is 10.9. The second-order valence-electron chi connectivity index (χ2n) is 8.07. The van der Waals surface area contributed by atoms with Crippen molar-refractivity contribution in [1.82, 2.24) is 14.3 Å². The van der Waals surface area contributed by atoms with Gasteiger partial charge in [0, 0.05) is 24.0 Å². The molecule has 0 saturated heterocycles. The van der Waals surface area contributed by atoms with Gasteiger partial charge in [0.2, 0.25) is 5.91 Å². The van der Waals surface area contributed by atoms with Crippen molar-refractivity contribution in [3.63, 3.8) is 0 Å². The smallest absolute Gasteiger partial charge is 0.262 e. The summed E-state index contributed by atoms with van der Waals surface area (Å²) in [4.78, 5) is 55.2. The molecule has 9 nitrogen and oxygen atoms in total. The van der Waals surface area contributed by atoms with Gasteiger partial charge < -0.3 is 10.1 Å². The summed E-state index contributed by atoms with van der Waals surface area (Å²) in [7, 11) is 0. The number of pyridine rings is 1. The van der Waals surface area contributed by atoms with Crippen molar-refractivity contribution in [3.8, 4) is 5.75 Å². The lowest BCUT2D eigenvalue weighted by molar-refractivity contribution is -0.116. The zero-order valence-electron chi connectivity index (χ0n) is 18.7. The monoisotopic (exact) mass is 468 g/mol. The molecular weight excluding hydrogens is 448 g/mol. The molecule has 2 aromatic heterocycles. The van der Waals surface area contributed by atoms with Crippen molar-refractivity contribution in [3.05, 3.63) is 106 Å². The molecule has 9 heteroatoms. The van der Waals surface area contributed by atoms with Crippen LogP contribution in [-0.4, -0.2) is 38.6 Å². The minimum Gasteiger partial charge on any atom is -0.487 e. The van der Waals surface area contributed by atoms with E-state index in [1.54, 1.807) is 66.9 Å². The van der Waals surface area contributed by atoms with E-state index in [4.69, 9.17) is 4.74 Å². The van der Waals surface area contributed by atoms with Crippen molar-refractivity contribution in [1.29, 1.82) is 0 Å². The van der Waals surface area contributed by atoms with E-state index in [0.29, 0.717) is 33.9 Å². The Labute approximate surface area is 199 Å². The molecule has 3 heterocycles. The van der Waals surface area contributed by atoms with E-state index in [1.165, 1.54) is 10.5 Å². The van der Waals surface area contributed by atoms with Crippen molar-refractivity contribution in [2.24, 2.45) is 0 Å². The first-order chi connectivity index (χ1) is 16.9. The number of hydrogen-bond donors (Lipinski definition) is 1. The van der Waals surface area contributed by atoms with Crippen LogP contribution >= 0.6 is 0 Å². The topological polar surface area (TPSA) is 110 Å². The SMILES string of the molecule is Cc1ccc(NC(=O)CN2C(=O)c3ccccc3C2=O)cc1OCc1cc(=O)n2ccccc2n1. The van der Waals surface area contributed by atoms with E-state index in [1.807, 2.05) is 6.92 Å². The lowest BCUT2D eigenvalue weighted by atomic mass is 10.1. The summed E-state index contributed by atoms with van der Waals surface area (Å²) < 4.78 is 7.32. The Bertz CT molecular complexity index is 1520. The fourth-order valence-corrected chi connectivity index (χ4v) is 3.89. The van der Waals surface area contributed by atoms with Crippen LogP contribution in [0.25, 0.3) is 5.65 Å². The maximum absolute atomic E-state index is 12.6. The highest BCUT2D eigenvalue weighted by molar-refractivity contribution is 6.22. The zero-order chi connectivity index (χ0) is 24.5. The summed E-state index contributed by atoms with van der Waals surface area (Å²) in [5.74, 6) is -1.00. The van der Waals surface area contributed by atoms with Crippen LogP contribution in [0.4, 0.5) is 5.69 Å². The van der Waals surface area contributed by atoms with Crippen molar-refractivity contribution >= 4 is 29.1 Å². The normalized spacial score (nSPS) is 12.7. The third kappa shape index (κ3) is 4.26. The molecule has 1 aliphatic rings. The maximum atomic E-state index is 12.6. The van der Waals surface area contributed by atoms with Crippen LogP contribution in [0.2, 0.25) is 0 Å². The molecule has 4 aromatic rings. The van der Waals surface area contributed by atoms with Crippen LogP contribution < -0.4 is 15.6 Å². The Hall–Kier alpha value is -4.79. The van der Waals surface area contributed by atoms with Gasteiger partial charge in [0.15, 0.2) is 0 Å². The van der Waals surface area contributed by atoms with E-state index in [0.717, 1.165) is 10.5 Å². The highest BCUT2D eigenvalue weighted by atomic mass is 16.5. The van der Waals surface area contributed by atoms with Crippen molar-refractivity contribution in [2.45, 2.75) is 13.5 Å². The number of fused-ring (bicyclic) bond motifs is 2. The van der Waals surface area contributed by atoms with Gasteiger partial charge in [-0.05, 0) is 42.8 Å². The van der Waals surface area contributed by atoms with Gasteiger partial charge in [-0.1, -0.05) is 24.3 Å². The summed E-state index contributed by atoms with van der Waals surface area (Å²) in [6.07, 6.45) is 1.65. The largest absolute Gasteiger partial charge is 0.487 e. The molecule has 1 N–H and O–H groups in total. The number of carbonyl (C=O) groups excluding carboxylic acids is 3. The number of ether oxygens (including phenoxy) is 1. The minimum atomic E-state index is -0.515. The molecule has 0 unspecified atom stereocenters. The number of anilines is 1. The molecule has 0 aliphatic carbocycles. The van der Waals surface area contributed by atoms with Gasteiger partial charge in [0.1, 0.15) is 24.5 Å². The number of carbonyl (C=O) groups is 3. The Morgan fingerprint density at radius 2 is 1.66 bits per heavy atom. The number of rotatable bonds is 6. The molecule has 5 rings (SSSR count). The number of hydrogen-bond acceptors (Lipinski definition) is 6. The van der Waals surface area contributed by atoms with E-state index >= 15 is 0 Å². The number of amides is 3. The molecule has 0 spiro atoms. The quantitative estimate of drug-likeness (QED) is 0.436. The standard InChI is InChI=1S/C26H20N4O5/c1-16-9-10-17(28-23(31)14-30-25(33)19-6-2-3-7-20(19)26(30)34)12-21(16)35-15-18-13-24(32)29-11-5-4-8-22(29)27-18/h2-13H,14-15H2,1H3,(H,28,31). The number of imide groups is 1. The van der Waals surface area contributed by atoms with Crippen LogP contribution in [0.5, 0.6) is 5.75 Å². The number of aryl methyl sites for hydroxylation is 1. The Morgan fingerprint density at radius 3 is 2.40 bits per heavy atom. The number of nitrogens with one attached hydrogen (secondary N) is 1. The van der Waals surface area contributed by atoms with Gasteiger partial charge >= 0.3 is 0 Å². The Kier molecular flexibility index (Phi) is 5.58. The summed E-state index contributed by atoms with van der Waals surface area (Å²) >= 11 is 0. The lowest BCUT2D eigenvalue weighted by Gasteiger charge is -2.15. The van der Waals surface area contributed by atoms with E-state index in [9.17, 15) is 19.2 Å². The van der Waals surface area contributed by atoms with Gasteiger partial charge in [-0.3, -0.25) is 28.5 Å². The third-order valence-electron chi connectivity index (χ3n) is 5.65. The summed E-state index contributed by atoms with van der Waals surface area (Å²) in [5.41, 5.74) is 2.63. The van der Waals surface area contributed by atoms with Gasteiger partial charge in [0.25, 0.3) is 17.4 Å². The molecule has 1 aliphatic heterocycles. The van der Waals surface area contributed by atoms with E-state index in [-0.39, 0.29) is 12.2 Å². The van der Waals surface area contributed by atoms with Crippen LogP contribution in [0.3, 0.4) is 0 Å². The second-order valence-corrected chi connectivity index (χ2v) is 8.07. The minimum absolute atomic E-state index is 0.0634. The van der Waals surface area contributed by atoms with Crippen molar-refractivity contribution < 1.29 is 19.1 Å². The van der Waals surface area contributed by atoms with Gasteiger partial charge in [-0.25, -0.2) is 4.98 Å². The number of nitrogens with zero attached hydrogens (tertiary/aromatic N) is 3. The second kappa shape index (κ2) is 8.86. The molecule has 0 bridgehead atoms. The summed E-state index contributed by atoms with van der Waals surface area (Å²) in [6.45, 7) is 1.51. The molecule has 0 radical (unpaired) electrons. The van der Waals surface area contributed by atoms with Crippen LogP contribution in [-0.2, 0) is 11.4 Å². The molecule has 174 valence electrons. The van der Waals surface area contributed by atoms with Crippen LogP contribution in [0, 0.1) is 6.92 Å². The highest BCUT2D eigenvalue weighted by Crippen LogP contribution is 2.25. The van der Waals surface area contributed by atoms with Crippen molar-refractivity contribution in [2.75, 3.05) is 11.9 Å². The summed E-state index contributed by atoms with van der Waals surface area (Å²) in [6, 6.07) is 18.3. The Balaban J connectivity index is 1.27. The van der Waals surface area contributed by atoms with E-state index < -0.39 is 24.3 Å². The fraction of sp³-hybridized carbons (Fsp3) is 0.115. The lowest BCUT2D eigenvalue weighted by Crippen LogP contribution is -2.37. The molecule has 3 amide bonds. The first kappa shape index (κ1) is 22.0. The van der Waals surface area contributed by atoms with E-state index in [2.05, 4.69) is 10.3 Å². The highest BCUT2D eigenvalue weighted by Gasteiger charge is 2.36. The fourth-order valence-electron chi connectivity index (χ4n) is 3.89. The van der Waals surface area contributed by atoms with Gasteiger partial charge in [0.05, 0.1) is 16.8 Å². The number of aromatic nitrogens is 2. The maximum Gasteiger partial charge on any atom is 0.262 e. The predicted molar refractivity (Wildman–Crippen MR) is 127 cm³/mol. The third-order valence-corrected chi connectivity index (χ3v) is 5.65. The van der Waals surface area contributed by atoms with Gasteiger partial charge in [-0.15, -0.1) is 0 Å². The average molecular weight is 468 g/mol. The zero-order valence-corrected chi connectivity index (χ0v) is 18.7. The molecule has 0 saturated carbocycles. The Morgan fingerprint density at radius 1 is 0.943 bits per heavy atom. The summed E-state index contributed by atoms with van der Waals surface area (Å²) in [5, 5.41) is 2.70. The molecule has 0 atom stereocenters. The molecule has 35 heavy (non-hydrogen) atoms. The molecule has 2 aromatic carbocycles. The number of benzene rings is 2. The van der Waals surface area contributed by atoms with Crippen LogP contribution in [0.1, 0.15) is 32.0 Å². The van der Waals surface area contributed by atoms with Crippen LogP contribution in [0.15, 0.2) is 77.7 Å². The van der Waals surface area contributed by atoms with Gasteiger partial charge in [-0.2, -0.15) is 0 Å². The first-order valence-corrected chi connectivity index (χ1v) is 10.9. The molecule has 0 fully saturated rings.